The Morgan fingerprint density at radius 1 is 1.70 bits per heavy atom. The van der Waals surface area contributed by atoms with Gasteiger partial charge in [-0.3, -0.25) is 14.4 Å². The van der Waals surface area contributed by atoms with Crippen LogP contribution in [0.5, 0.6) is 0 Å². The first-order chi connectivity index (χ1) is 4.33. The number of carbonyl (C=O) groups is 1. The van der Waals surface area contributed by atoms with Gasteiger partial charge in [0.2, 0.25) is 0 Å². The zero-order valence-electron chi connectivity index (χ0n) is 5.92. The van der Waals surface area contributed by atoms with Crippen LogP contribution in [0.15, 0.2) is 12.2 Å². The summed E-state index contributed by atoms with van der Waals surface area (Å²) in [6, 6.07) is 0. The summed E-state index contributed by atoms with van der Waals surface area (Å²) in [5.74, 6) is -0.590. The predicted octanol–water partition coefficient (Wildman–Crippen LogP) is 0.494. The molecule has 0 saturated carbocycles. The standard InChI is InChI=1S/C5H10NO3P/c1-4(2)5(7)6-10(3,8)9/h1H2,2-3H3,(H2,6,7,8,9). The Bertz CT molecular complexity index is 205. The van der Waals surface area contributed by atoms with Gasteiger partial charge in [-0.25, -0.2) is 0 Å². The van der Waals surface area contributed by atoms with Gasteiger partial charge in [0.15, 0.2) is 0 Å². The van der Waals surface area contributed by atoms with Gasteiger partial charge < -0.3 is 4.89 Å². The van der Waals surface area contributed by atoms with Gasteiger partial charge in [-0.2, -0.15) is 0 Å². The van der Waals surface area contributed by atoms with Crippen LogP contribution in [0.1, 0.15) is 6.92 Å². The van der Waals surface area contributed by atoms with Crippen molar-refractivity contribution in [1.29, 1.82) is 0 Å². The van der Waals surface area contributed by atoms with E-state index in [9.17, 15) is 9.36 Å². The lowest BCUT2D eigenvalue weighted by Crippen LogP contribution is -2.19. The minimum atomic E-state index is -3.44. The van der Waals surface area contributed by atoms with Gasteiger partial charge in [0.05, 0.1) is 0 Å². The summed E-state index contributed by atoms with van der Waals surface area (Å²) in [4.78, 5) is 19.2. The third-order valence-corrected chi connectivity index (χ3v) is 1.31. The molecule has 58 valence electrons. The van der Waals surface area contributed by atoms with Crippen molar-refractivity contribution >= 4 is 13.4 Å². The molecule has 0 radical (unpaired) electrons. The Hall–Kier alpha value is -0.600. The molecule has 0 saturated heterocycles. The lowest BCUT2D eigenvalue weighted by molar-refractivity contribution is -0.115. The number of nitrogens with one attached hydrogen (secondary N) is 1. The molecule has 0 aromatic heterocycles. The monoisotopic (exact) mass is 163 g/mol. The highest BCUT2D eigenvalue weighted by molar-refractivity contribution is 7.55. The average Bonchev–Trinajstić information content (AvgIpc) is 1.60. The molecule has 0 bridgehead atoms. The summed E-state index contributed by atoms with van der Waals surface area (Å²) in [5, 5.41) is 1.89. The maximum Gasteiger partial charge on any atom is 0.290 e. The first-order valence-corrected chi connectivity index (χ1v) is 4.72. The highest BCUT2D eigenvalue weighted by atomic mass is 31.2. The van der Waals surface area contributed by atoms with Crippen molar-refractivity contribution in [2.24, 2.45) is 0 Å². The zero-order valence-corrected chi connectivity index (χ0v) is 6.81. The normalized spacial score (nSPS) is 15.5. The Balaban J connectivity index is 4.07. The van der Waals surface area contributed by atoms with E-state index >= 15 is 0 Å². The number of rotatable bonds is 2. The molecule has 0 fully saturated rings. The molecular weight excluding hydrogens is 153 g/mol. The number of amides is 1. The van der Waals surface area contributed by atoms with E-state index in [4.69, 9.17) is 4.89 Å². The molecule has 0 aromatic rings. The van der Waals surface area contributed by atoms with Crippen LogP contribution in [0.2, 0.25) is 0 Å². The van der Waals surface area contributed by atoms with Gasteiger partial charge >= 0.3 is 0 Å². The maximum absolute atomic E-state index is 10.6. The van der Waals surface area contributed by atoms with Crippen LogP contribution in [0.3, 0.4) is 0 Å². The van der Waals surface area contributed by atoms with Crippen molar-refractivity contribution in [1.82, 2.24) is 5.09 Å². The molecule has 1 atom stereocenters. The summed E-state index contributed by atoms with van der Waals surface area (Å²) in [7, 11) is -3.44. The molecule has 0 aliphatic heterocycles. The van der Waals surface area contributed by atoms with Crippen LogP contribution in [0.4, 0.5) is 0 Å². The molecule has 4 nitrogen and oxygen atoms in total. The average molecular weight is 163 g/mol. The summed E-state index contributed by atoms with van der Waals surface area (Å²) in [5.41, 5.74) is 0.219. The molecule has 1 amide bonds. The van der Waals surface area contributed by atoms with E-state index in [1.54, 1.807) is 0 Å². The van der Waals surface area contributed by atoms with E-state index < -0.39 is 13.4 Å². The molecule has 0 aliphatic carbocycles. The molecule has 0 rings (SSSR count). The largest absolute Gasteiger partial charge is 0.329 e. The number of hydrogen-bond acceptors (Lipinski definition) is 2. The summed E-state index contributed by atoms with van der Waals surface area (Å²) in [6.45, 7) is 5.81. The summed E-state index contributed by atoms with van der Waals surface area (Å²) in [6.07, 6.45) is 0. The van der Waals surface area contributed by atoms with E-state index in [2.05, 4.69) is 6.58 Å². The van der Waals surface area contributed by atoms with Crippen molar-refractivity contribution < 1.29 is 14.3 Å². The van der Waals surface area contributed by atoms with Crippen LogP contribution in [-0.4, -0.2) is 17.5 Å². The molecule has 10 heavy (non-hydrogen) atoms. The van der Waals surface area contributed by atoms with Gasteiger partial charge in [0, 0.05) is 12.2 Å². The molecule has 1 unspecified atom stereocenters. The van der Waals surface area contributed by atoms with Gasteiger partial charge in [-0.15, -0.1) is 0 Å². The van der Waals surface area contributed by atoms with E-state index in [0.717, 1.165) is 6.66 Å². The Morgan fingerprint density at radius 2 is 2.10 bits per heavy atom. The Labute approximate surface area is 59.4 Å². The van der Waals surface area contributed by atoms with Crippen LogP contribution in [0, 0.1) is 0 Å². The van der Waals surface area contributed by atoms with Gasteiger partial charge in [-0.05, 0) is 6.92 Å². The number of carbonyl (C=O) groups excluding carboxylic acids is 1. The Kier molecular flexibility index (Phi) is 2.81. The van der Waals surface area contributed by atoms with Crippen molar-refractivity contribution in [3.63, 3.8) is 0 Å². The minimum Gasteiger partial charge on any atom is -0.329 e. The fraction of sp³-hybridized carbons (Fsp3) is 0.400. The van der Waals surface area contributed by atoms with Crippen molar-refractivity contribution in [2.45, 2.75) is 6.92 Å². The van der Waals surface area contributed by atoms with E-state index in [1.807, 2.05) is 5.09 Å². The molecule has 0 spiro atoms. The van der Waals surface area contributed by atoms with E-state index in [-0.39, 0.29) is 5.57 Å². The smallest absolute Gasteiger partial charge is 0.290 e. The molecule has 0 aliphatic rings. The van der Waals surface area contributed by atoms with Gasteiger partial charge in [-0.1, -0.05) is 6.58 Å². The third kappa shape index (κ3) is 4.30. The van der Waals surface area contributed by atoms with Crippen LogP contribution in [0.25, 0.3) is 0 Å². The predicted molar refractivity (Wildman–Crippen MR) is 38.7 cm³/mol. The highest BCUT2D eigenvalue weighted by Crippen LogP contribution is 2.28. The second-order valence-corrected chi connectivity index (χ2v) is 4.08. The van der Waals surface area contributed by atoms with E-state index in [0.29, 0.717) is 0 Å². The third-order valence-electron chi connectivity index (χ3n) is 0.697. The topological polar surface area (TPSA) is 66.4 Å². The molecule has 5 heteroatoms. The zero-order chi connectivity index (χ0) is 8.36. The second kappa shape index (κ2) is 2.99. The minimum absolute atomic E-state index is 0.219. The van der Waals surface area contributed by atoms with Gasteiger partial charge in [0.25, 0.3) is 13.4 Å². The fourth-order valence-corrected chi connectivity index (χ4v) is 0.852. The van der Waals surface area contributed by atoms with Crippen LogP contribution >= 0.6 is 7.52 Å². The fourth-order valence-electron chi connectivity index (χ4n) is 0.284. The van der Waals surface area contributed by atoms with Crippen LogP contribution in [-0.2, 0) is 9.36 Å². The van der Waals surface area contributed by atoms with Crippen molar-refractivity contribution in [3.8, 4) is 0 Å². The number of hydrogen-bond donors (Lipinski definition) is 2. The molecule has 0 heterocycles. The quantitative estimate of drug-likeness (QED) is 0.460. The maximum atomic E-state index is 10.6. The van der Waals surface area contributed by atoms with E-state index in [1.165, 1.54) is 6.92 Å². The first-order valence-electron chi connectivity index (χ1n) is 2.61. The molecule has 0 aromatic carbocycles. The van der Waals surface area contributed by atoms with Gasteiger partial charge in [0.1, 0.15) is 0 Å². The van der Waals surface area contributed by atoms with Crippen molar-refractivity contribution in [3.05, 3.63) is 12.2 Å². The second-order valence-electron chi connectivity index (χ2n) is 2.10. The SMILES string of the molecule is C=C(C)C(=O)NP(C)(=O)O. The lowest BCUT2D eigenvalue weighted by Gasteiger charge is -2.06. The van der Waals surface area contributed by atoms with Crippen molar-refractivity contribution in [2.75, 3.05) is 6.66 Å². The van der Waals surface area contributed by atoms with Crippen LogP contribution < -0.4 is 5.09 Å². The lowest BCUT2D eigenvalue weighted by atomic mass is 10.3. The summed E-state index contributed by atoms with van der Waals surface area (Å²) < 4.78 is 10.5. The first kappa shape index (κ1) is 9.40. The summed E-state index contributed by atoms with van der Waals surface area (Å²) >= 11 is 0. The Morgan fingerprint density at radius 3 is 2.20 bits per heavy atom. The highest BCUT2D eigenvalue weighted by Gasteiger charge is 2.13. The molecule has 2 N–H and O–H groups in total. The molecular formula is C5H10NO3P.